The molecule has 2 aromatic rings. The van der Waals surface area contributed by atoms with Gasteiger partial charge in [0.1, 0.15) is 0 Å². The Balaban J connectivity index is 2.24. The second-order valence-corrected chi connectivity index (χ2v) is 11.7. The summed E-state index contributed by atoms with van der Waals surface area (Å²) >= 11 is 0. The normalized spacial score (nSPS) is 14.1. The van der Waals surface area contributed by atoms with E-state index in [1.54, 1.807) is 32.9 Å². The van der Waals surface area contributed by atoms with Crippen LogP contribution in [-0.2, 0) is 21.1 Å². The average molecular weight is 549 g/mol. The first-order valence-corrected chi connectivity index (χ1v) is 14.2. The van der Waals surface area contributed by atoms with Crippen LogP contribution in [0.25, 0.3) is 0 Å². The third kappa shape index (κ3) is 5.38. The van der Waals surface area contributed by atoms with Crippen LogP contribution in [0.15, 0.2) is 24.3 Å². The molecule has 0 radical (unpaired) electrons. The predicted molar refractivity (Wildman–Crippen MR) is 141 cm³/mol. The highest BCUT2D eigenvalue weighted by Crippen LogP contribution is 2.40. The minimum atomic E-state index is -3.77. The molecule has 11 heteroatoms. The van der Waals surface area contributed by atoms with Crippen LogP contribution in [0.2, 0.25) is 0 Å². The highest BCUT2D eigenvalue weighted by atomic mass is 32.2. The van der Waals surface area contributed by atoms with Gasteiger partial charge in [0.15, 0.2) is 27.2 Å². The van der Waals surface area contributed by atoms with Gasteiger partial charge < -0.3 is 14.8 Å². The molecular weight excluding hydrogens is 515 g/mol. The maximum atomic E-state index is 15.4. The summed E-state index contributed by atoms with van der Waals surface area (Å²) in [6, 6.07) is 4.70. The van der Waals surface area contributed by atoms with E-state index < -0.39 is 50.4 Å². The standard InChI is InChI=1S/C27H33FN2O7S/c1-7-16-12-18-23(25(24(16)28)29-22(31)8-2)27(33)30(26(18)32)19(14-38(34,35)15(4)5)17-10-11-20(36-6)21(13-17)37-9-3/h10-13,15,19H,7-9,14H2,1-6H3,(H,29,31)/t19-/m1/s1. The van der Waals surface area contributed by atoms with Crippen molar-refractivity contribution in [2.45, 2.75) is 58.8 Å². The van der Waals surface area contributed by atoms with E-state index >= 15 is 4.39 Å². The number of fused-ring (bicyclic) bond motifs is 1. The Kier molecular flexibility index (Phi) is 8.81. The predicted octanol–water partition coefficient (Wildman–Crippen LogP) is 4.30. The molecule has 3 amide bonds. The number of carbonyl (C=O) groups is 3. The van der Waals surface area contributed by atoms with E-state index in [2.05, 4.69) is 5.32 Å². The van der Waals surface area contributed by atoms with Gasteiger partial charge >= 0.3 is 0 Å². The third-order valence-corrected chi connectivity index (χ3v) is 8.70. The number of methoxy groups -OCH3 is 1. The van der Waals surface area contributed by atoms with Crippen LogP contribution in [0.5, 0.6) is 11.5 Å². The summed E-state index contributed by atoms with van der Waals surface area (Å²) in [6.45, 7) is 8.33. The van der Waals surface area contributed by atoms with Crippen LogP contribution in [0.4, 0.5) is 10.1 Å². The summed E-state index contributed by atoms with van der Waals surface area (Å²) in [5.74, 6) is -2.86. The second-order valence-electron chi connectivity index (χ2n) is 9.12. The molecule has 206 valence electrons. The molecule has 0 aromatic heterocycles. The van der Waals surface area contributed by atoms with E-state index in [4.69, 9.17) is 9.47 Å². The molecule has 0 bridgehead atoms. The number of amides is 3. The van der Waals surface area contributed by atoms with Crippen molar-refractivity contribution < 1.29 is 36.7 Å². The van der Waals surface area contributed by atoms with Crippen LogP contribution >= 0.6 is 0 Å². The number of rotatable bonds is 11. The van der Waals surface area contributed by atoms with E-state index in [1.165, 1.54) is 33.1 Å². The van der Waals surface area contributed by atoms with Gasteiger partial charge in [-0.2, -0.15) is 0 Å². The third-order valence-electron chi connectivity index (χ3n) is 6.48. The minimum absolute atomic E-state index is 0.0255. The lowest BCUT2D eigenvalue weighted by atomic mass is 10.0. The first kappa shape index (κ1) is 29.1. The molecule has 0 saturated carbocycles. The van der Waals surface area contributed by atoms with Gasteiger partial charge in [0.2, 0.25) is 5.91 Å². The zero-order chi connectivity index (χ0) is 28.4. The summed E-state index contributed by atoms with van der Waals surface area (Å²) in [5, 5.41) is 1.64. The van der Waals surface area contributed by atoms with Gasteiger partial charge in [0.25, 0.3) is 11.8 Å². The fraction of sp³-hybridized carbons (Fsp3) is 0.444. The second kappa shape index (κ2) is 11.5. The Bertz CT molecular complexity index is 1370. The Labute approximate surface area is 222 Å². The zero-order valence-electron chi connectivity index (χ0n) is 22.4. The first-order valence-electron chi connectivity index (χ1n) is 12.5. The van der Waals surface area contributed by atoms with Crippen molar-refractivity contribution >= 4 is 33.2 Å². The number of benzene rings is 2. The molecule has 1 atom stereocenters. The molecule has 0 spiro atoms. The zero-order valence-corrected chi connectivity index (χ0v) is 23.2. The van der Waals surface area contributed by atoms with Crippen molar-refractivity contribution in [3.63, 3.8) is 0 Å². The number of halogens is 1. The molecule has 1 heterocycles. The van der Waals surface area contributed by atoms with E-state index in [1.807, 2.05) is 0 Å². The van der Waals surface area contributed by atoms with Crippen molar-refractivity contribution in [3.8, 4) is 11.5 Å². The molecule has 0 unspecified atom stereocenters. The van der Waals surface area contributed by atoms with Crippen LogP contribution in [0, 0.1) is 5.82 Å². The van der Waals surface area contributed by atoms with Gasteiger partial charge in [-0.15, -0.1) is 0 Å². The van der Waals surface area contributed by atoms with Crippen LogP contribution in [0.3, 0.4) is 0 Å². The number of hydrogen-bond acceptors (Lipinski definition) is 7. The van der Waals surface area contributed by atoms with Gasteiger partial charge in [-0.3, -0.25) is 19.3 Å². The quantitative estimate of drug-likeness (QED) is 0.416. The van der Waals surface area contributed by atoms with Gasteiger partial charge in [0, 0.05) is 6.42 Å². The van der Waals surface area contributed by atoms with Crippen molar-refractivity contribution in [3.05, 3.63) is 52.3 Å². The molecule has 1 aliphatic heterocycles. The molecule has 38 heavy (non-hydrogen) atoms. The number of ether oxygens (including phenoxy) is 2. The smallest absolute Gasteiger partial charge is 0.264 e. The largest absolute Gasteiger partial charge is 0.493 e. The molecule has 1 aliphatic rings. The lowest BCUT2D eigenvalue weighted by molar-refractivity contribution is -0.115. The maximum absolute atomic E-state index is 15.4. The number of imide groups is 1. The summed E-state index contributed by atoms with van der Waals surface area (Å²) in [6.07, 6.45) is 0.231. The molecule has 0 saturated heterocycles. The van der Waals surface area contributed by atoms with Crippen molar-refractivity contribution in [1.82, 2.24) is 4.90 Å². The molecule has 3 rings (SSSR count). The van der Waals surface area contributed by atoms with Crippen LogP contribution in [0.1, 0.15) is 78.9 Å². The molecule has 2 aromatic carbocycles. The molecule has 9 nitrogen and oxygen atoms in total. The lowest BCUT2D eigenvalue weighted by Gasteiger charge is -2.28. The minimum Gasteiger partial charge on any atom is -0.493 e. The highest BCUT2D eigenvalue weighted by molar-refractivity contribution is 7.92. The Morgan fingerprint density at radius 3 is 2.32 bits per heavy atom. The number of sulfone groups is 1. The van der Waals surface area contributed by atoms with Gasteiger partial charge in [-0.25, -0.2) is 12.8 Å². The number of carbonyl (C=O) groups excluding carboxylic acids is 3. The number of anilines is 1. The lowest BCUT2D eigenvalue weighted by Crippen LogP contribution is -2.39. The molecule has 0 aliphatic carbocycles. The Morgan fingerprint density at radius 1 is 1.08 bits per heavy atom. The van der Waals surface area contributed by atoms with E-state index in [-0.39, 0.29) is 35.2 Å². The van der Waals surface area contributed by atoms with Crippen molar-refractivity contribution in [2.75, 3.05) is 24.8 Å². The Morgan fingerprint density at radius 2 is 1.76 bits per heavy atom. The Hall–Kier alpha value is -3.47. The van der Waals surface area contributed by atoms with Crippen LogP contribution in [-0.4, -0.2) is 55.8 Å². The highest BCUT2D eigenvalue weighted by Gasteiger charge is 2.45. The number of hydrogen-bond donors (Lipinski definition) is 1. The summed E-state index contributed by atoms with van der Waals surface area (Å²) in [7, 11) is -2.32. The fourth-order valence-electron chi connectivity index (χ4n) is 4.23. The molecule has 1 N–H and O–H groups in total. The van der Waals surface area contributed by atoms with Crippen molar-refractivity contribution in [2.24, 2.45) is 0 Å². The van der Waals surface area contributed by atoms with Gasteiger partial charge in [-0.1, -0.05) is 19.9 Å². The number of aryl methyl sites for hydroxylation is 1. The number of nitrogens with one attached hydrogen (secondary N) is 1. The fourth-order valence-corrected chi connectivity index (χ4v) is 5.40. The van der Waals surface area contributed by atoms with E-state index in [9.17, 15) is 22.8 Å². The molecule has 0 fully saturated rings. The first-order chi connectivity index (χ1) is 17.9. The molecular formula is C27H33FN2O7S. The van der Waals surface area contributed by atoms with Gasteiger partial charge in [-0.05, 0) is 56.5 Å². The van der Waals surface area contributed by atoms with E-state index in [0.717, 1.165) is 4.90 Å². The summed E-state index contributed by atoms with van der Waals surface area (Å²) < 4.78 is 52.5. The topological polar surface area (TPSA) is 119 Å². The summed E-state index contributed by atoms with van der Waals surface area (Å²) in [5.41, 5.74) is -0.291. The SMILES string of the molecule is CCOc1cc([C@@H](CS(=O)(=O)C(C)C)N2C(=O)c3cc(CC)c(F)c(NC(=O)CC)c3C2=O)ccc1OC. The monoisotopic (exact) mass is 548 g/mol. The summed E-state index contributed by atoms with van der Waals surface area (Å²) in [4.78, 5) is 40.5. The van der Waals surface area contributed by atoms with E-state index in [0.29, 0.717) is 23.7 Å². The van der Waals surface area contributed by atoms with Crippen molar-refractivity contribution in [1.29, 1.82) is 0 Å². The number of nitrogens with zero attached hydrogens (tertiary/aromatic N) is 1. The van der Waals surface area contributed by atoms with Gasteiger partial charge in [0.05, 0.1) is 47.6 Å². The maximum Gasteiger partial charge on any atom is 0.264 e. The average Bonchev–Trinajstić information content (AvgIpc) is 3.12. The van der Waals surface area contributed by atoms with Crippen LogP contribution < -0.4 is 14.8 Å².